The van der Waals surface area contributed by atoms with Crippen LogP contribution in [0, 0.1) is 6.92 Å². The molecule has 0 spiro atoms. The van der Waals surface area contributed by atoms with Gasteiger partial charge in [-0.2, -0.15) is 0 Å². The highest BCUT2D eigenvalue weighted by Gasteiger charge is 2.08. The van der Waals surface area contributed by atoms with Gasteiger partial charge in [-0.15, -0.1) is 0 Å². The van der Waals surface area contributed by atoms with Crippen molar-refractivity contribution in [3.63, 3.8) is 0 Å². The minimum absolute atomic E-state index is 0.689. The molecule has 0 atom stereocenters. The molecule has 3 aromatic rings. The first-order valence-electron chi connectivity index (χ1n) is 8.68. The Labute approximate surface area is 144 Å². The Morgan fingerprint density at radius 2 is 1.71 bits per heavy atom. The molecule has 2 heteroatoms. The lowest BCUT2D eigenvalue weighted by Crippen LogP contribution is -2.18. The summed E-state index contributed by atoms with van der Waals surface area (Å²) >= 11 is 0. The van der Waals surface area contributed by atoms with Crippen molar-refractivity contribution in [1.82, 2.24) is 5.32 Å². The third-order valence-electron chi connectivity index (χ3n) is 4.43. The van der Waals surface area contributed by atoms with Crippen LogP contribution >= 0.6 is 0 Å². The first-order valence-corrected chi connectivity index (χ1v) is 8.68. The van der Waals surface area contributed by atoms with Gasteiger partial charge in [0.2, 0.25) is 0 Å². The van der Waals surface area contributed by atoms with Gasteiger partial charge in [0.15, 0.2) is 0 Å². The van der Waals surface area contributed by atoms with Gasteiger partial charge >= 0.3 is 0 Å². The van der Waals surface area contributed by atoms with Crippen LogP contribution in [0.2, 0.25) is 0 Å². The maximum atomic E-state index is 5.84. The molecule has 0 aliphatic rings. The molecule has 0 amide bonds. The van der Waals surface area contributed by atoms with Crippen LogP contribution in [0.4, 0.5) is 0 Å². The summed E-state index contributed by atoms with van der Waals surface area (Å²) in [5, 5.41) is 6.12. The predicted molar refractivity (Wildman–Crippen MR) is 102 cm³/mol. The van der Waals surface area contributed by atoms with Crippen LogP contribution in [-0.4, -0.2) is 13.2 Å². The van der Waals surface area contributed by atoms with E-state index in [0.717, 1.165) is 25.3 Å². The number of hydrogen-bond acceptors (Lipinski definition) is 2. The van der Waals surface area contributed by atoms with Crippen LogP contribution in [0.1, 0.15) is 23.6 Å². The number of rotatable bonds is 7. The molecule has 0 fully saturated rings. The Morgan fingerprint density at radius 3 is 2.54 bits per heavy atom. The molecular formula is C22H25NO. The molecule has 0 unspecified atom stereocenters. The molecule has 0 aliphatic carbocycles. The number of benzene rings is 3. The predicted octanol–water partition coefficient (Wildman–Crippen LogP) is 4.88. The number of nitrogens with one attached hydrogen (secondary N) is 1. The van der Waals surface area contributed by atoms with Gasteiger partial charge in [-0.05, 0) is 54.8 Å². The van der Waals surface area contributed by atoms with Crippen molar-refractivity contribution in [3.8, 4) is 5.75 Å². The normalized spacial score (nSPS) is 10.9. The molecule has 2 nitrogen and oxygen atoms in total. The Kier molecular flexibility index (Phi) is 5.50. The number of fused-ring (bicyclic) bond motifs is 1. The summed E-state index contributed by atoms with van der Waals surface area (Å²) in [6, 6.07) is 21.3. The first kappa shape index (κ1) is 16.5. The van der Waals surface area contributed by atoms with E-state index >= 15 is 0 Å². The lowest BCUT2D eigenvalue weighted by atomic mass is 10.0. The summed E-state index contributed by atoms with van der Waals surface area (Å²) in [6.07, 6.45) is 1.04. The fourth-order valence-electron chi connectivity index (χ4n) is 3.12. The topological polar surface area (TPSA) is 21.3 Å². The van der Waals surface area contributed by atoms with Gasteiger partial charge in [0.1, 0.15) is 5.75 Å². The molecule has 0 aromatic heterocycles. The van der Waals surface area contributed by atoms with Gasteiger partial charge in [0, 0.05) is 12.1 Å². The molecule has 3 rings (SSSR count). The second-order valence-electron chi connectivity index (χ2n) is 6.05. The highest BCUT2D eigenvalue weighted by Crippen LogP contribution is 2.28. The minimum atomic E-state index is 0.689. The molecular weight excluding hydrogens is 294 g/mol. The second-order valence-corrected chi connectivity index (χ2v) is 6.05. The van der Waals surface area contributed by atoms with E-state index in [1.807, 2.05) is 6.92 Å². The lowest BCUT2D eigenvalue weighted by molar-refractivity contribution is 0.336. The molecule has 0 saturated heterocycles. The zero-order chi connectivity index (χ0) is 16.8. The largest absolute Gasteiger partial charge is 0.494 e. The molecule has 0 bridgehead atoms. The fourth-order valence-corrected chi connectivity index (χ4v) is 3.12. The fraction of sp³-hybridized carbons (Fsp3) is 0.273. The Bertz CT molecular complexity index is 810. The number of ether oxygens (including phenoxy) is 1. The van der Waals surface area contributed by atoms with E-state index in [0.29, 0.717) is 6.61 Å². The number of aryl methyl sites for hydroxylation is 1. The van der Waals surface area contributed by atoms with Crippen molar-refractivity contribution in [1.29, 1.82) is 0 Å². The van der Waals surface area contributed by atoms with Gasteiger partial charge < -0.3 is 10.1 Å². The summed E-state index contributed by atoms with van der Waals surface area (Å²) in [7, 11) is 0. The Morgan fingerprint density at radius 1 is 0.917 bits per heavy atom. The first-order chi connectivity index (χ1) is 11.8. The van der Waals surface area contributed by atoms with E-state index in [-0.39, 0.29) is 0 Å². The van der Waals surface area contributed by atoms with Gasteiger partial charge in [-0.25, -0.2) is 0 Å². The highest BCUT2D eigenvalue weighted by atomic mass is 16.5. The monoisotopic (exact) mass is 319 g/mol. The van der Waals surface area contributed by atoms with Gasteiger partial charge in [-0.1, -0.05) is 54.6 Å². The standard InChI is InChI=1S/C22H25NO/c1-3-24-22-13-12-19-10-6-7-11-20(19)21(22)16-23-15-14-18-9-5-4-8-17(18)2/h4-13,23H,3,14-16H2,1-2H3. The van der Waals surface area contributed by atoms with E-state index in [9.17, 15) is 0 Å². The van der Waals surface area contributed by atoms with E-state index in [1.165, 1.54) is 27.5 Å². The van der Waals surface area contributed by atoms with E-state index in [2.05, 4.69) is 72.9 Å². The maximum Gasteiger partial charge on any atom is 0.124 e. The third kappa shape index (κ3) is 3.77. The third-order valence-corrected chi connectivity index (χ3v) is 4.43. The van der Waals surface area contributed by atoms with Crippen LogP contribution < -0.4 is 10.1 Å². The van der Waals surface area contributed by atoms with Crippen molar-refractivity contribution >= 4 is 10.8 Å². The van der Waals surface area contributed by atoms with E-state index in [4.69, 9.17) is 4.74 Å². The molecule has 0 radical (unpaired) electrons. The number of hydrogen-bond donors (Lipinski definition) is 1. The summed E-state index contributed by atoms with van der Waals surface area (Å²) < 4.78 is 5.84. The molecule has 1 N–H and O–H groups in total. The molecule has 124 valence electrons. The van der Waals surface area contributed by atoms with Gasteiger partial charge in [-0.3, -0.25) is 0 Å². The second kappa shape index (κ2) is 7.98. The van der Waals surface area contributed by atoms with Crippen LogP contribution in [0.5, 0.6) is 5.75 Å². The summed E-state index contributed by atoms with van der Waals surface area (Å²) in [4.78, 5) is 0. The summed E-state index contributed by atoms with van der Waals surface area (Å²) in [5.41, 5.74) is 4.02. The van der Waals surface area contributed by atoms with E-state index < -0.39 is 0 Å². The van der Waals surface area contributed by atoms with Crippen molar-refractivity contribution in [2.75, 3.05) is 13.2 Å². The minimum Gasteiger partial charge on any atom is -0.494 e. The van der Waals surface area contributed by atoms with Crippen LogP contribution in [0.15, 0.2) is 60.7 Å². The SMILES string of the molecule is CCOc1ccc2ccccc2c1CNCCc1ccccc1C. The molecule has 0 heterocycles. The molecule has 3 aromatic carbocycles. The summed E-state index contributed by atoms with van der Waals surface area (Å²) in [6.45, 7) is 6.68. The Hall–Kier alpha value is -2.32. The Balaban J connectivity index is 1.72. The highest BCUT2D eigenvalue weighted by molar-refractivity contribution is 5.87. The quantitative estimate of drug-likeness (QED) is 0.627. The molecule has 24 heavy (non-hydrogen) atoms. The van der Waals surface area contributed by atoms with Crippen LogP contribution in [-0.2, 0) is 13.0 Å². The van der Waals surface area contributed by atoms with E-state index in [1.54, 1.807) is 0 Å². The molecule has 0 aliphatic heterocycles. The van der Waals surface area contributed by atoms with Gasteiger partial charge in [0.05, 0.1) is 6.61 Å². The summed E-state index contributed by atoms with van der Waals surface area (Å²) in [5.74, 6) is 0.986. The van der Waals surface area contributed by atoms with Gasteiger partial charge in [0.25, 0.3) is 0 Å². The average Bonchev–Trinajstić information content (AvgIpc) is 2.61. The lowest BCUT2D eigenvalue weighted by Gasteiger charge is -2.14. The maximum absolute atomic E-state index is 5.84. The van der Waals surface area contributed by atoms with Crippen LogP contribution in [0.3, 0.4) is 0 Å². The van der Waals surface area contributed by atoms with Crippen LogP contribution in [0.25, 0.3) is 10.8 Å². The smallest absolute Gasteiger partial charge is 0.124 e. The van der Waals surface area contributed by atoms with Crippen molar-refractivity contribution in [2.45, 2.75) is 26.8 Å². The molecule has 0 saturated carbocycles. The van der Waals surface area contributed by atoms with Crippen molar-refractivity contribution < 1.29 is 4.74 Å². The zero-order valence-electron chi connectivity index (χ0n) is 14.5. The zero-order valence-corrected chi connectivity index (χ0v) is 14.5. The van der Waals surface area contributed by atoms with Crippen molar-refractivity contribution in [2.24, 2.45) is 0 Å². The van der Waals surface area contributed by atoms with Crippen molar-refractivity contribution in [3.05, 3.63) is 77.4 Å². The average molecular weight is 319 g/mol.